The van der Waals surface area contributed by atoms with Crippen molar-refractivity contribution < 1.29 is 4.79 Å². The molecular weight excluding hydrogens is 273 g/mol. The number of carbonyl (C=O) groups is 1. The molecule has 1 amide bonds. The minimum atomic E-state index is 0. The van der Waals surface area contributed by atoms with Gasteiger partial charge >= 0.3 is 0 Å². The van der Waals surface area contributed by atoms with Crippen LogP contribution in [0.3, 0.4) is 0 Å². The van der Waals surface area contributed by atoms with Crippen molar-refractivity contribution >= 4 is 30.7 Å². The molecule has 1 aliphatic heterocycles. The summed E-state index contributed by atoms with van der Waals surface area (Å²) in [5, 5.41) is 0. The molecule has 102 valence electrons. The van der Waals surface area contributed by atoms with Crippen LogP contribution in [0.4, 0.5) is 0 Å². The molecule has 6 heteroatoms. The lowest BCUT2D eigenvalue weighted by atomic mass is 10.1. The summed E-state index contributed by atoms with van der Waals surface area (Å²) in [4.78, 5) is 18.1. The number of aryl methyl sites for hydroxylation is 1. The zero-order chi connectivity index (χ0) is 11.5. The van der Waals surface area contributed by atoms with Crippen LogP contribution in [0.2, 0.25) is 0 Å². The topological polar surface area (TPSA) is 59.2 Å². The van der Waals surface area contributed by atoms with E-state index in [9.17, 15) is 4.79 Å². The number of aromatic nitrogens is 1. The fourth-order valence-electron chi connectivity index (χ4n) is 2.05. The summed E-state index contributed by atoms with van der Waals surface area (Å²) in [6.07, 6.45) is 3.65. The monoisotopic (exact) mass is 291 g/mol. The molecule has 0 radical (unpaired) electrons. The van der Waals surface area contributed by atoms with E-state index in [1.165, 1.54) is 0 Å². The summed E-state index contributed by atoms with van der Waals surface area (Å²) >= 11 is 0. The van der Waals surface area contributed by atoms with Crippen molar-refractivity contribution in [2.24, 2.45) is 5.73 Å². The van der Waals surface area contributed by atoms with Crippen molar-refractivity contribution in [3.05, 3.63) is 29.6 Å². The van der Waals surface area contributed by atoms with Gasteiger partial charge < -0.3 is 10.6 Å². The number of nitrogens with zero attached hydrogens (tertiary/aromatic N) is 2. The van der Waals surface area contributed by atoms with Crippen LogP contribution in [0.25, 0.3) is 0 Å². The van der Waals surface area contributed by atoms with Gasteiger partial charge in [-0.05, 0) is 31.4 Å². The summed E-state index contributed by atoms with van der Waals surface area (Å²) in [5.41, 5.74) is 7.34. The van der Waals surface area contributed by atoms with Crippen molar-refractivity contribution in [3.63, 3.8) is 0 Å². The maximum Gasteiger partial charge on any atom is 0.272 e. The zero-order valence-electron chi connectivity index (χ0n) is 10.3. The highest BCUT2D eigenvalue weighted by atomic mass is 35.5. The van der Waals surface area contributed by atoms with Crippen LogP contribution in [0.15, 0.2) is 18.3 Å². The first-order chi connectivity index (χ1) is 7.68. The number of hydrogen-bond acceptors (Lipinski definition) is 3. The minimum Gasteiger partial charge on any atom is -0.336 e. The van der Waals surface area contributed by atoms with Crippen LogP contribution in [0.5, 0.6) is 0 Å². The number of pyridine rings is 1. The summed E-state index contributed by atoms with van der Waals surface area (Å²) in [7, 11) is 0. The first kappa shape index (κ1) is 17.2. The predicted octanol–water partition coefficient (Wildman–Crippen LogP) is 1.80. The Labute approximate surface area is 120 Å². The van der Waals surface area contributed by atoms with Gasteiger partial charge in [0, 0.05) is 25.3 Å². The molecule has 1 fully saturated rings. The SMILES string of the molecule is Cc1cccnc1C(=O)N1CCC[C@@H](N)C1.Cl.Cl. The van der Waals surface area contributed by atoms with Gasteiger partial charge in [0.2, 0.25) is 0 Å². The van der Waals surface area contributed by atoms with Crippen molar-refractivity contribution in [1.29, 1.82) is 0 Å². The van der Waals surface area contributed by atoms with Crippen LogP contribution < -0.4 is 5.73 Å². The second kappa shape index (κ2) is 7.56. The molecule has 0 aliphatic carbocycles. The molecule has 4 nitrogen and oxygen atoms in total. The van der Waals surface area contributed by atoms with Crippen molar-refractivity contribution in [2.75, 3.05) is 13.1 Å². The van der Waals surface area contributed by atoms with Crippen LogP contribution in [-0.4, -0.2) is 34.9 Å². The number of amides is 1. The van der Waals surface area contributed by atoms with Gasteiger partial charge in [0.1, 0.15) is 5.69 Å². The van der Waals surface area contributed by atoms with E-state index in [4.69, 9.17) is 5.73 Å². The van der Waals surface area contributed by atoms with E-state index in [1.807, 2.05) is 24.0 Å². The Bertz CT molecular complexity index is 401. The molecule has 0 unspecified atom stereocenters. The van der Waals surface area contributed by atoms with Gasteiger partial charge in [0.15, 0.2) is 0 Å². The third kappa shape index (κ3) is 3.83. The van der Waals surface area contributed by atoms with Gasteiger partial charge in [-0.1, -0.05) is 6.07 Å². The maximum atomic E-state index is 12.2. The fraction of sp³-hybridized carbons (Fsp3) is 0.500. The Balaban J connectivity index is 0.00000144. The van der Waals surface area contributed by atoms with Crippen molar-refractivity contribution in [3.8, 4) is 0 Å². The second-order valence-corrected chi connectivity index (χ2v) is 4.32. The van der Waals surface area contributed by atoms with E-state index in [0.29, 0.717) is 12.2 Å². The average molecular weight is 292 g/mol. The second-order valence-electron chi connectivity index (χ2n) is 4.32. The minimum absolute atomic E-state index is 0. The molecule has 2 N–H and O–H groups in total. The third-order valence-electron chi connectivity index (χ3n) is 2.96. The Hall–Kier alpha value is -0.840. The normalized spacial score (nSPS) is 18.6. The molecule has 18 heavy (non-hydrogen) atoms. The van der Waals surface area contributed by atoms with Crippen LogP contribution in [0.1, 0.15) is 28.9 Å². The van der Waals surface area contributed by atoms with Gasteiger partial charge in [0.05, 0.1) is 0 Å². The highest BCUT2D eigenvalue weighted by molar-refractivity contribution is 5.93. The first-order valence-corrected chi connectivity index (χ1v) is 5.65. The first-order valence-electron chi connectivity index (χ1n) is 5.65. The number of rotatable bonds is 1. The van der Waals surface area contributed by atoms with Gasteiger partial charge in [-0.3, -0.25) is 9.78 Å². The van der Waals surface area contributed by atoms with E-state index in [1.54, 1.807) is 6.20 Å². The number of halogens is 2. The molecule has 1 aliphatic rings. The standard InChI is InChI=1S/C12H17N3O.2ClH/c1-9-4-2-6-14-11(9)12(16)15-7-3-5-10(13)8-15;;/h2,4,6,10H,3,5,7-8,13H2,1H3;2*1H/t10-;;/m1../s1. The van der Waals surface area contributed by atoms with Crippen LogP contribution in [-0.2, 0) is 0 Å². The summed E-state index contributed by atoms with van der Waals surface area (Å²) in [5.74, 6) is 0.00764. The zero-order valence-corrected chi connectivity index (χ0v) is 12.0. The Morgan fingerprint density at radius 3 is 2.83 bits per heavy atom. The third-order valence-corrected chi connectivity index (χ3v) is 2.96. The lowest BCUT2D eigenvalue weighted by Crippen LogP contribution is -2.46. The molecule has 0 spiro atoms. The number of hydrogen-bond donors (Lipinski definition) is 1. The highest BCUT2D eigenvalue weighted by Gasteiger charge is 2.23. The number of nitrogens with two attached hydrogens (primary N) is 1. The summed E-state index contributed by atoms with van der Waals surface area (Å²) < 4.78 is 0. The van der Waals surface area contributed by atoms with Crippen LogP contribution >= 0.6 is 24.8 Å². The Morgan fingerprint density at radius 1 is 1.50 bits per heavy atom. The summed E-state index contributed by atoms with van der Waals surface area (Å²) in [6, 6.07) is 3.86. The van der Waals surface area contributed by atoms with E-state index in [-0.39, 0.29) is 36.8 Å². The Kier molecular flexibility index (Phi) is 7.21. The molecule has 2 heterocycles. The van der Waals surface area contributed by atoms with Gasteiger partial charge in [-0.15, -0.1) is 24.8 Å². The largest absolute Gasteiger partial charge is 0.336 e. The highest BCUT2D eigenvalue weighted by Crippen LogP contribution is 2.13. The summed E-state index contributed by atoms with van der Waals surface area (Å²) in [6.45, 7) is 3.35. The number of carbonyl (C=O) groups excluding carboxylic acids is 1. The average Bonchev–Trinajstić information content (AvgIpc) is 2.29. The molecule has 0 aromatic carbocycles. The molecule has 0 saturated carbocycles. The number of piperidine rings is 1. The van der Waals surface area contributed by atoms with Gasteiger partial charge in [0.25, 0.3) is 5.91 Å². The predicted molar refractivity (Wildman–Crippen MR) is 76.6 cm³/mol. The molecular formula is C12H19Cl2N3O. The molecule has 1 saturated heterocycles. The fourth-order valence-corrected chi connectivity index (χ4v) is 2.05. The molecule has 1 aromatic rings. The van der Waals surface area contributed by atoms with E-state index >= 15 is 0 Å². The lowest BCUT2D eigenvalue weighted by molar-refractivity contribution is 0.0702. The lowest BCUT2D eigenvalue weighted by Gasteiger charge is -2.30. The molecule has 2 rings (SSSR count). The maximum absolute atomic E-state index is 12.2. The van der Waals surface area contributed by atoms with Gasteiger partial charge in [-0.2, -0.15) is 0 Å². The smallest absolute Gasteiger partial charge is 0.272 e. The van der Waals surface area contributed by atoms with E-state index in [0.717, 1.165) is 24.9 Å². The molecule has 0 bridgehead atoms. The van der Waals surface area contributed by atoms with Crippen LogP contribution in [0, 0.1) is 6.92 Å². The van der Waals surface area contributed by atoms with E-state index < -0.39 is 0 Å². The quantitative estimate of drug-likeness (QED) is 0.858. The van der Waals surface area contributed by atoms with Crippen molar-refractivity contribution in [1.82, 2.24) is 9.88 Å². The molecule has 1 atom stereocenters. The van der Waals surface area contributed by atoms with E-state index in [2.05, 4.69) is 4.98 Å². The van der Waals surface area contributed by atoms with Crippen molar-refractivity contribution in [2.45, 2.75) is 25.8 Å². The number of likely N-dealkylation sites (tertiary alicyclic amines) is 1. The molecule has 1 aromatic heterocycles. The van der Waals surface area contributed by atoms with Gasteiger partial charge in [-0.25, -0.2) is 0 Å². The Morgan fingerprint density at radius 2 is 2.22 bits per heavy atom.